The van der Waals surface area contributed by atoms with Gasteiger partial charge in [0.15, 0.2) is 0 Å². The van der Waals surface area contributed by atoms with Gasteiger partial charge in [0.2, 0.25) is 11.8 Å². The van der Waals surface area contributed by atoms with Crippen LogP contribution in [0.25, 0.3) is 0 Å². The van der Waals surface area contributed by atoms with Crippen LogP contribution >= 0.6 is 11.8 Å². The van der Waals surface area contributed by atoms with Crippen LogP contribution in [0.2, 0.25) is 0 Å². The van der Waals surface area contributed by atoms with E-state index in [0.29, 0.717) is 17.5 Å². The normalized spacial score (nSPS) is 14.4. The van der Waals surface area contributed by atoms with E-state index in [-0.39, 0.29) is 18.2 Å². The van der Waals surface area contributed by atoms with Gasteiger partial charge in [0.1, 0.15) is 12.8 Å². The smallest absolute Gasteiger partial charge is 0.237 e. The van der Waals surface area contributed by atoms with Crippen molar-refractivity contribution in [2.24, 2.45) is 5.73 Å². The van der Waals surface area contributed by atoms with Crippen molar-refractivity contribution in [1.82, 2.24) is 0 Å². The lowest BCUT2D eigenvalue weighted by Crippen LogP contribution is -2.41. The summed E-state index contributed by atoms with van der Waals surface area (Å²) < 4.78 is 0. The number of carbonyl (C=O) groups excluding carboxylic acids is 3. The lowest BCUT2D eigenvalue weighted by molar-refractivity contribution is -0.121. The molecule has 0 radical (unpaired) electrons. The second-order valence-corrected chi connectivity index (χ2v) is 4.60. The second kappa shape index (κ2) is 4.58. The molecule has 17 heavy (non-hydrogen) atoms. The number of primary amides is 1. The number of carbonyl (C=O) groups is 3. The molecule has 6 heteroatoms. The predicted octanol–water partition coefficient (Wildman–Crippen LogP) is 0.423. The van der Waals surface area contributed by atoms with Gasteiger partial charge in [-0.1, -0.05) is 6.07 Å². The molecule has 0 saturated carbocycles. The highest BCUT2D eigenvalue weighted by Crippen LogP contribution is 2.35. The molecule has 1 aliphatic rings. The lowest BCUT2D eigenvalue weighted by atomic mass is 10.2. The minimum atomic E-state index is -0.576. The fourth-order valence-corrected chi connectivity index (χ4v) is 2.54. The molecule has 0 spiro atoms. The molecule has 0 bridgehead atoms. The van der Waals surface area contributed by atoms with E-state index >= 15 is 0 Å². The van der Waals surface area contributed by atoms with Gasteiger partial charge in [-0.25, -0.2) is 0 Å². The molecule has 0 fully saturated rings. The Bertz CT molecular complexity index is 501. The summed E-state index contributed by atoms with van der Waals surface area (Å²) in [6, 6.07) is 5.04. The zero-order valence-corrected chi connectivity index (χ0v) is 9.70. The zero-order chi connectivity index (χ0) is 12.4. The zero-order valence-electron chi connectivity index (χ0n) is 8.88. The third-order valence-electron chi connectivity index (χ3n) is 2.38. The Morgan fingerprint density at radius 3 is 2.94 bits per heavy atom. The molecule has 2 rings (SSSR count). The summed E-state index contributed by atoms with van der Waals surface area (Å²) in [6.45, 7) is -0.158. The Morgan fingerprint density at radius 1 is 1.53 bits per heavy atom. The van der Waals surface area contributed by atoms with Gasteiger partial charge in [-0.15, -0.1) is 11.8 Å². The second-order valence-electron chi connectivity index (χ2n) is 3.58. The third-order valence-corrected chi connectivity index (χ3v) is 3.42. The Balaban J connectivity index is 2.44. The minimum Gasteiger partial charge on any atom is -0.368 e. The van der Waals surface area contributed by atoms with Gasteiger partial charge in [0.05, 0.1) is 11.4 Å². The molecule has 1 aromatic carbocycles. The quantitative estimate of drug-likeness (QED) is 0.788. The third kappa shape index (κ3) is 2.31. The van der Waals surface area contributed by atoms with Crippen molar-refractivity contribution in [1.29, 1.82) is 0 Å². The van der Waals surface area contributed by atoms with Crippen molar-refractivity contribution in [3.05, 3.63) is 23.8 Å². The van der Waals surface area contributed by atoms with E-state index in [1.165, 1.54) is 16.7 Å². The molecule has 2 N–H and O–H groups in total. The average molecular weight is 250 g/mol. The molecule has 1 aliphatic heterocycles. The summed E-state index contributed by atoms with van der Waals surface area (Å²) in [5.41, 5.74) is 6.15. The molecule has 0 unspecified atom stereocenters. The highest BCUT2D eigenvalue weighted by atomic mass is 32.2. The van der Waals surface area contributed by atoms with Crippen LogP contribution in [-0.4, -0.2) is 30.4 Å². The highest BCUT2D eigenvalue weighted by molar-refractivity contribution is 8.00. The van der Waals surface area contributed by atoms with Gasteiger partial charge in [-0.05, 0) is 12.1 Å². The van der Waals surface area contributed by atoms with Gasteiger partial charge < -0.3 is 10.6 Å². The number of rotatable bonds is 3. The van der Waals surface area contributed by atoms with Crippen molar-refractivity contribution in [2.75, 3.05) is 17.2 Å². The maximum Gasteiger partial charge on any atom is 0.237 e. The number of hydrogen-bond donors (Lipinski definition) is 1. The van der Waals surface area contributed by atoms with Gasteiger partial charge in [0.25, 0.3) is 0 Å². The van der Waals surface area contributed by atoms with E-state index in [2.05, 4.69) is 0 Å². The molecule has 0 aromatic heterocycles. The van der Waals surface area contributed by atoms with Crippen molar-refractivity contribution in [3.8, 4) is 0 Å². The van der Waals surface area contributed by atoms with E-state index in [9.17, 15) is 14.4 Å². The monoisotopic (exact) mass is 250 g/mol. The fourth-order valence-electron chi connectivity index (χ4n) is 1.62. The number of nitrogens with zero attached hydrogens (tertiary/aromatic N) is 1. The SMILES string of the molecule is NC(=O)CN1C(=O)CSc2ccc(C=O)cc21. The molecule has 5 nitrogen and oxygen atoms in total. The molecular weight excluding hydrogens is 240 g/mol. The average Bonchev–Trinajstić information content (AvgIpc) is 2.32. The Morgan fingerprint density at radius 2 is 2.29 bits per heavy atom. The number of fused-ring (bicyclic) bond motifs is 1. The number of anilines is 1. The number of hydrogen-bond acceptors (Lipinski definition) is 4. The topological polar surface area (TPSA) is 80.5 Å². The number of benzene rings is 1. The van der Waals surface area contributed by atoms with E-state index in [0.717, 1.165) is 4.90 Å². The molecular formula is C11H10N2O3S. The maximum atomic E-state index is 11.7. The van der Waals surface area contributed by atoms with Crippen LogP contribution in [0.3, 0.4) is 0 Å². The highest BCUT2D eigenvalue weighted by Gasteiger charge is 2.25. The first-order valence-electron chi connectivity index (χ1n) is 4.92. The standard InChI is InChI=1S/C11H10N2O3S/c12-10(15)4-13-8-3-7(5-14)1-2-9(8)17-6-11(13)16/h1-3,5H,4,6H2,(H2,12,15). The molecule has 1 aromatic rings. The van der Waals surface area contributed by atoms with Crippen molar-refractivity contribution < 1.29 is 14.4 Å². The van der Waals surface area contributed by atoms with E-state index < -0.39 is 5.91 Å². The summed E-state index contributed by atoms with van der Waals surface area (Å²) in [5.74, 6) is -0.474. The summed E-state index contributed by atoms with van der Waals surface area (Å²) in [6.07, 6.45) is 0.701. The minimum absolute atomic E-state index is 0.158. The summed E-state index contributed by atoms with van der Waals surface area (Å²) >= 11 is 1.39. The van der Waals surface area contributed by atoms with Crippen LogP contribution in [0.15, 0.2) is 23.1 Å². The molecule has 0 atom stereocenters. The molecule has 2 amide bonds. The number of nitrogens with two attached hydrogens (primary N) is 1. The Hall–Kier alpha value is -1.82. The van der Waals surface area contributed by atoms with E-state index in [1.807, 2.05) is 0 Å². The molecule has 1 heterocycles. The summed E-state index contributed by atoms with van der Waals surface area (Å²) in [4.78, 5) is 35.5. The summed E-state index contributed by atoms with van der Waals surface area (Å²) in [5, 5.41) is 0. The van der Waals surface area contributed by atoms with Crippen LogP contribution in [-0.2, 0) is 9.59 Å². The van der Waals surface area contributed by atoms with Gasteiger partial charge in [-0.3, -0.25) is 14.4 Å². The van der Waals surface area contributed by atoms with Gasteiger partial charge >= 0.3 is 0 Å². The van der Waals surface area contributed by atoms with Gasteiger partial charge in [0, 0.05) is 10.5 Å². The molecule has 88 valence electrons. The van der Waals surface area contributed by atoms with Crippen molar-refractivity contribution >= 4 is 35.5 Å². The lowest BCUT2D eigenvalue weighted by Gasteiger charge is -2.28. The maximum absolute atomic E-state index is 11.7. The fraction of sp³-hybridized carbons (Fsp3) is 0.182. The first-order valence-corrected chi connectivity index (χ1v) is 5.91. The Labute approximate surface area is 102 Å². The van der Waals surface area contributed by atoms with Gasteiger partial charge in [-0.2, -0.15) is 0 Å². The van der Waals surface area contributed by atoms with Crippen LogP contribution < -0.4 is 10.6 Å². The largest absolute Gasteiger partial charge is 0.368 e. The van der Waals surface area contributed by atoms with Crippen LogP contribution in [0.1, 0.15) is 10.4 Å². The number of thioether (sulfide) groups is 1. The molecule has 0 saturated heterocycles. The number of amides is 2. The first-order chi connectivity index (χ1) is 8.11. The first kappa shape index (κ1) is 11.7. The number of aldehydes is 1. The summed E-state index contributed by atoms with van der Waals surface area (Å²) in [7, 11) is 0. The van der Waals surface area contributed by atoms with E-state index in [1.54, 1.807) is 18.2 Å². The van der Waals surface area contributed by atoms with Crippen molar-refractivity contribution in [3.63, 3.8) is 0 Å². The molecule has 0 aliphatic carbocycles. The van der Waals surface area contributed by atoms with E-state index in [4.69, 9.17) is 5.73 Å². The Kier molecular flexibility index (Phi) is 3.14. The van der Waals surface area contributed by atoms with Crippen LogP contribution in [0, 0.1) is 0 Å². The van der Waals surface area contributed by atoms with Crippen LogP contribution in [0.4, 0.5) is 5.69 Å². The van der Waals surface area contributed by atoms with Crippen molar-refractivity contribution in [2.45, 2.75) is 4.90 Å². The predicted molar refractivity (Wildman–Crippen MR) is 64.1 cm³/mol. The van der Waals surface area contributed by atoms with Crippen LogP contribution in [0.5, 0.6) is 0 Å².